The van der Waals surface area contributed by atoms with Crippen LogP contribution in [-0.2, 0) is 13.2 Å². The van der Waals surface area contributed by atoms with E-state index in [4.69, 9.17) is 22.1 Å². The standard InChI is InChI=1S/C15H20ClN3O/c1-3-6-19-10-18-8-13(19)9-20-15-5-4-12(11(2)17)7-14(15)16/h4-5,7-8,10-11H,3,6,9,17H2,1-2H3. The Morgan fingerprint density at radius 3 is 2.90 bits per heavy atom. The first-order chi connectivity index (χ1) is 9.61. The van der Waals surface area contributed by atoms with E-state index < -0.39 is 0 Å². The summed E-state index contributed by atoms with van der Waals surface area (Å²) in [7, 11) is 0. The first-order valence-corrected chi connectivity index (χ1v) is 7.16. The van der Waals surface area contributed by atoms with Gasteiger partial charge in [0.25, 0.3) is 0 Å². The van der Waals surface area contributed by atoms with Crippen LogP contribution in [0.15, 0.2) is 30.7 Å². The second kappa shape index (κ2) is 6.77. The number of aromatic nitrogens is 2. The molecule has 0 spiro atoms. The van der Waals surface area contributed by atoms with Crippen LogP contribution < -0.4 is 10.5 Å². The first kappa shape index (κ1) is 14.9. The van der Waals surface area contributed by atoms with Gasteiger partial charge in [0.15, 0.2) is 0 Å². The van der Waals surface area contributed by atoms with Crippen molar-refractivity contribution >= 4 is 11.6 Å². The van der Waals surface area contributed by atoms with E-state index in [9.17, 15) is 0 Å². The van der Waals surface area contributed by atoms with E-state index in [1.807, 2.05) is 37.6 Å². The maximum atomic E-state index is 6.21. The summed E-state index contributed by atoms with van der Waals surface area (Å²) in [4.78, 5) is 4.15. The summed E-state index contributed by atoms with van der Waals surface area (Å²) in [6.07, 6.45) is 4.70. The van der Waals surface area contributed by atoms with Crippen LogP contribution in [0.2, 0.25) is 5.02 Å². The van der Waals surface area contributed by atoms with E-state index >= 15 is 0 Å². The molecular weight excluding hydrogens is 274 g/mol. The number of hydrogen-bond donors (Lipinski definition) is 1. The quantitative estimate of drug-likeness (QED) is 0.886. The molecule has 2 N–H and O–H groups in total. The summed E-state index contributed by atoms with van der Waals surface area (Å²) in [5, 5.41) is 0.585. The molecule has 1 aromatic carbocycles. The van der Waals surface area contributed by atoms with Gasteiger partial charge in [-0.1, -0.05) is 24.6 Å². The number of rotatable bonds is 6. The highest BCUT2D eigenvalue weighted by molar-refractivity contribution is 6.32. The molecule has 0 saturated heterocycles. The van der Waals surface area contributed by atoms with Crippen molar-refractivity contribution in [2.24, 2.45) is 5.73 Å². The van der Waals surface area contributed by atoms with Gasteiger partial charge in [-0.15, -0.1) is 0 Å². The van der Waals surface area contributed by atoms with Gasteiger partial charge in [-0.3, -0.25) is 0 Å². The molecule has 0 radical (unpaired) electrons. The van der Waals surface area contributed by atoms with Crippen molar-refractivity contribution in [1.29, 1.82) is 0 Å². The third-order valence-corrected chi connectivity index (χ3v) is 3.42. The Labute approximate surface area is 124 Å². The monoisotopic (exact) mass is 293 g/mol. The Bertz CT molecular complexity index is 566. The molecule has 5 heteroatoms. The summed E-state index contributed by atoms with van der Waals surface area (Å²) in [5.41, 5.74) is 7.87. The van der Waals surface area contributed by atoms with Crippen LogP contribution in [0.25, 0.3) is 0 Å². The zero-order valence-corrected chi connectivity index (χ0v) is 12.6. The van der Waals surface area contributed by atoms with Gasteiger partial charge in [-0.2, -0.15) is 0 Å². The van der Waals surface area contributed by atoms with E-state index in [0.717, 1.165) is 24.2 Å². The summed E-state index contributed by atoms with van der Waals surface area (Å²) in [5.74, 6) is 0.667. The fourth-order valence-electron chi connectivity index (χ4n) is 1.98. The van der Waals surface area contributed by atoms with Crippen molar-refractivity contribution in [3.05, 3.63) is 47.0 Å². The molecule has 0 aliphatic carbocycles. The van der Waals surface area contributed by atoms with Gasteiger partial charge in [-0.05, 0) is 31.0 Å². The number of benzene rings is 1. The SMILES string of the molecule is CCCn1cncc1COc1ccc(C(C)N)cc1Cl. The lowest BCUT2D eigenvalue weighted by atomic mass is 10.1. The minimum atomic E-state index is -0.0347. The van der Waals surface area contributed by atoms with Gasteiger partial charge in [0, 0.05) is 12.6 Å². The Morgan fingerprint density at radius 1 is 1.45 bits per heavy atom. The lowest BCUT2D eigenvalue weighted by molar-refractivity contribution is 0.294. The number of nitrogens with two attached hydrogens (primary N) is 1. The molecule has 1 heterocycles. The van der Waals surface area contributed by atoms with Crippen LogP contribution in [0, 0.1) is 0 Å². The molecule has 0 amide bonds. The molecule has 1 atom stereocenters. The summed E-state index contributed by atoms with van der Waals surface area (Å²) in [6.45, 7) is 5.46. The van der Waals surface area contributed by atoms with Crippen molar-refractivity contribution in [2.75, 3.05) is 0 Å². The highest BCUT2D eigenvalue weighted by Gasteiger charge is 2.08. The van der Waals surface area contributed by atoms with E-state index in [0.29, 0.717) is 17.4 Å². The van der Waals surface area contributed by atoms with Crippen LogP contribution in [0.1, 0.15) is 37.6 Å². The molecule has 0 saturated carbocycles. The number of aryl methyl sites for hydroxylation is 1. The van der Waals surface area contributed by atoms with Gasteiger partial charge in [0.1, 0.15) is 12.4 Å². The third-order valence-electron chi connectivity index (χ3n) is 3.12. The molecule has 1 unspecified atom stereocenters. The summed E-state index contributed by atoms with van der Waals surface area (Å²) >= 11 is 6.21. The maximum absolute atomic E-state index is 6.21. The predicted molar refractivity (Wildman–Crippen MR) is 80.9 cm³/mol. The molecule has 2 rings (SSSR count). The average Bonchev–Trinajstić information content (AvgIpc) is 2.85. The fraction of sp³-hybridized carbons (Fsp3) is 0.400. The topological polar surface area (TPSA) is 53.1 Å². The molecule has 0 bridgehead atoms. The molecule has 0 aliphatic heterocycles. The largest absolute Gasteiger partial charge is 0.486 e. The summed E-state index contributed by atoms with van der Waals surface area (Å²) in [6, 6.07) is 5.62. The predicted octanol–water partition coefficient (Wildman–Crippen LogP) is 3.55. The Morgan fingerprint density at radius 2 is 2.25 bits per heavy atom. The number of halogens is 1. The maximum Gasteiger partial charge on any atom is 0.138 e. The van der Waals surface area contributed by atoms with Crippen LogP contribution in [-0.4, -0.2) is 9.55 Å². The van der Waals surface area contributed by atoms with Crippen molar-refractivity contribution in [1.82, 2.24) is 9.55 Å². The minimum Gasteiger partial charge on any atom is -0.486 e. The molecule has 108 valence electrons. The molecule has 0 fully saturated rings. The highest BCUT2D eigenvalue weighted by Crippen LogP contribution is 2.28. The Kier molecular flexibility index (Phi) is 5.04. The smallest absolute Gasteiger partial charge is 0.138 e. The molecule has 2 aromatic rings. The van der Waals surface area contributed by atoms with E-state index in [1.165, 1.54) is 0 Å². The van der Waals surface area contributed by atoms with Gasteiger partial charge in [-0.25, -0.2) is 4.98 Å². The number of nitrogens with zero attached hydrogens (tertiary/aromatic N) is 2. The number of ether oxygens (including phenoxy) is 1. The zero-order valence-electron chi connectivity index (χ0n) is 11.8. The van der Waals surface area contributed by atoms with Gasteiger partial charge < -0.3 is 15.0 Å². The molecular formula is C15H20ClN3O. The average molecular weight is 294 g/mol. The fourth-order valence-corrected chi connectivity index (χ4v) is 2.22. The first-order valence-electron chi connectivity index (χ1n) is 6.78. The third kappa shape index (κ3) is 3.52. The highest BCUT2D eigenvalue weighted by atomic mass is 35.5. The van der Waals surface area contributed by atoms with Gasteiger partial charge in [0.2, 0.25) is 0 Å². The van der Waals surface area contributed by atoms with Crippen LogP contribution in [0.3, 0.4) is 0 Å². The van der Waals surface area contributed by atoms with Gasteiger partial charge in [0.05, 0.1) is 23.2 Å². The molecule has 4 nitrogen and oxygen atoms in total. The number of hydrogen-bond acceptors (Lipinski definition) is 3. The minimum absolute atomic E-state index is 0.0347. The zero-order chi connectivity index (χ0) is 14.5. The van der Waals surface area contributed by atoms with Crippen molar-refractivity contribution in [3.8, 4) is 5.75 Å². The second-order valence-electron chi connectivity index (χ2n) is 4.85. The van der Waals surface area contributed by atoms with E-state index in [1.54, 1.807) is 0 Å². The second-order valence-corrected chi connectivity index (χ2v) is 5.25. The van der Waals surface area contributed by atoms with Crippen LogP contribution >= 0.6 is 11.6 Å². The van der Waals surface area contributed by atoms with E-state index in [2.05, 4.69) is 16.5 Å². The lowest BCUT2D eigenvalue weighted by Gasteiger charge is -2.12. The van der Waals surface area contributed by atoms with Crippen molar-refractivity contribution < 1.29 is 4.74 Å². The number of imidazole rings is 1. The molecule has 20 heavy (non-hydrogen) atoms. The van der Waals surface area contributed by atoms with Crippen molar-refractivity contribution in [2.45, 2.75) is 39.5 Å². The Hall–Kier alpha value is -1.52. The molecule has 1 aromatic heterocycles. The van der Waals surface area contributed by atoms with Crippen molar-refractivity contribution in [3.63, 3.8) is 0 Å². The normalized spacial score (nSPS) is 12.4. The van der Waals surface area contributed by atoms with Crippen LogP contribution in [0.5, 0.6) is 5.75 Å². The van der Waals surface area contributed by atoms with Crippen LogP contribution in [0.4, 0.5) is 0 Å². The van der Waals surface area contributed by atoms with E-state index in [-0.39, 0.29) is 6.04 Å². The summed E-state index contributed by atoms with van der Waals surface area (Å²) < 4.78 is 7.86. The molecule has 0 aliphatic rings. The lowest BCUT2D eigenvalue weighted by Crippen LogP contribution is -2.06. The van der Waals surface area contributed by atoms with Gasteiger partial charge >= 0.3 is 0 Å². The Balaban J connectivity index is 2.05.